The number of amides is 1. The van der Waals surface area contributed by atoms with Crippen LogP contribution >= 0.6 is 0 Å². The summed E-state index contributed by atoms with van der Waals surface area (Å²) in [7, 11) is 0. The summed E-state index contributed by atoms with van der Waals surface area (Å²) in [6.07, 6.45) is 7.26. The van der Waals surface area contributed by atoms with Crippen molar-refractivity contribution in [3.8, 4) is 0 Å². The van der Waals surface area contributed by atoms with Crippen molar-refractivity contribution < 1.29 is 9.53 Å². The Hall–Kier alpha value is -0.770. The molecule has 0 aromatic rings. The van der Waals surface area contributed by atoms with Crippen LogP contribution in [-0.2, 0) is 4.74 Å². The second-order valence-corrected chi connectivity index (χ2v) is 8.50. The largest absolute Gasteiger partial charge is 0.444 e. The summed E-state index contributed by atoms with van der Waals surface area (Å²) in [6.45, 7) is 13.3. The Morgan fingerprint density at radius 3 is 2.43 bits per heavy atom. The van der Waals surface area contributed by atoms with E-state index >= 15 is 0 Å². The Morgan fingerprint density at radius 2 is 1.83 bits per heavy atom. The molecule has 1 aliphatic carbocycles. The van der Waals surface area contributed by atoms with E-state index in [0.29, 0.717) is 6.04 Å². The minimum absolute atomic E-state index is 0.131. The molecule has 0 aromatic heterocycles. The van der Waals surface area contributed by atoms with E-state index in [4.69, 9.17) is 4.74 Å². The van der Waals surface area contributed by atoms with Gasteiger partial charge < -0.3 is 15.4 Å². The van der Waals surface area contributed by atoms with Gasteiger partial charge in [0.25, 0.3) is 0 Å². The minimum atomic E-state index is -0.435. The first-order valence-corrected chi connectivity index (χ1v) is 9.40. The summed E-state index contributed by atoms with van der Waals surface area (Å²) >= 11 is 0. The highest BCUT2D eigenvalue weighted by Crippen LogP contribution is 2.28. The molecule has 0 radical (unpaired) electrons. The van der Waals surface area contributed by atoms with Crippen LogP contribution in [0.25, 0.3) is 0 Å². The maximum Gasteiger partial charge on any atom is 0.407 e. The van der Waals surface area contributed by atoms with E-state index in [-0.39, 0.29) is 12.1 Å². The summed E-state index contributed by atoms with van der Waals surface area (Å²) < 4.78 is 5.28. The molecule has 0 heterocycles. The van der Waals surface area contributed by atoms with Crippen LogP contribution in [0.1, 0.15) is 80.1 Å². The second-order valence-electron chi connectivity index (χ2n) is 8.50. The summed E-state index contributed by atoms with van der Waals surface area (Å²) in [5.74, 6) is 1.71. The van der Waals surface area contributed by atoms with Crippen molar-refractivity contribution in [2.75, 3.05) is 6.54 Å². The van der Waals surface area contributed by atoms with E-state index in [0.717, 1.165) is 24.8 Å². The zero-order valence-electron chi connectivity index (χ0n) is 16.1. The van der Waals surface area contributed by atoms with Gasteiger partial charge in [-0.25, -0.2) is 4.79 Å². The van der Waals surface area contributed by atoms with Crippen LogP contribution in [0.5, 0.6) is 0 Å². The van der Waals surface area contributed by atoms with Crippen molar-refractivity contribution in [3.05, 3.63) is 0 Å². The quantitative estimate of drug-likeness (QED) is 0.707. The number of carbonyl (C=O) groups is 1. The second kappa shape index (κ2) is 9.51. The van der Waals surface area contributed by atoms with Crippen molar-refractivity contribution in [1.29, 1.82) is 0 Å². The lowest BCUT2D eigenvalue weighted by Gasteiger charge is -2.23. The Kier molecular flexibility index (Phi) is 8.38. The van der Waals surface area contributed by atoms with E-state index in [9.17, 15) is 4.79 Å². The predicted octanol–water partition coefficient (Wildman–Crippen LogP) is 4.48. The summed E-state index contributed by atoms with van der Waals surface area (Å²) in [5.41, 5.74) is -0.435. The number of hydrogen-bond acceptors (Lipinski definition) is 3. The first-order valence-electron chi connectivity index (χ1n) is 9.40. The van der Waals surface area contributed by atoms with Gasteiger partial charge in [-0.3, -0.25) is 0 Å². The Bertz CT molecular complexity index is 350. The van der Waals surface area contributed by atoms with Gasteiger partial charge in [0, 0.05) is 12.1 Å². The number of nitrogens with one attached hydrogen (secondary N) is 2. The molecule has 1 amide bonds. The van der Waals surface area contributed by atoms with E-state index in [2.05, 4.69) is 24.5 Å². The molecule has 1 saturated carbocycles. The van der Waals surface area contributed by atoms with Crippen molar-refractivity contribution in [2.45, 2.75) is 97.8 Å². The first kappa shape index (κ1) is 20.3. The molecule has 1 fully saturated rings. The van der Waals surface area contributed by atoms with Gasteiger partial charge in [-0.1, -0.05) is 26.7 Å². The van der Waals surface area contributed by atoms with Crippen LogP contribution in [0, 0.1) is 11.8 Å². The highest BCUT2D eigenvalue weighted by Gasteiger charge is 2.21. The standard InChI is InChI=1S/C19H38N2O2/c1-14(2)16-8-7-9-17(11-10-16)20-13-12-15(3)21-18(22)23-19(4,5)6/h14-17,20H,7-13H2,1-6H3,(H,21,22). The lowest BCUT2D eigenvalue weighted by atomic mass is 9.89. The highest BCUT2D eigenvalue weighted by molar-refractivity contribution is 5.67. The van der Waals surface area contributed by atoms with Crippen LogP contribution in [0.15, 0.2) is 0 Å². The average Bonchev–Trinajstić information content (AvgIpc) is 2.61. The smallest absolute Gasteiger partial charge is 0.407 e. The fourth-order valence-corrected chi connectivity index (χ4v) is 3.29. The minimum Gasteiger partial charge on any atom is -0.444 e. The van der Waals surface area contributed by atoms with Gasteiger partial charge in [-0.2, -0.15) is 0 Å². The third-order valence-electron chi connectivity index (χ3n) is 4.73. The number of alkyl carbamates (subject to hydrolysis) is 1. The van der Waals surface area contributed by atoms with E-state index in [1.807, 2.05) is 27.7 Å². The fraction of sp³-hybridized carbons (Fsp3) is 0.947. The molecule has 23 heavy (non-hydrogen) atoms. The molecule has 0 bridgehead atoms. The molecule has 3 unspecified atom stereocenters. The van der Waals surface area contributed by atoms with Gasteiger partial charge in [-0.15, -0.1) is 0 Å². The maximum atomic E-state index is 11.7. The number of ether oxygens (including phenoxy) is 1. The lowest BCUT2D eigenvalue weighted by molar-refractivity contribution is 0.0506. The monoisotopic (exact) mass is 326 g/mol. The predicted molar refractivity (Wildman–Crippen MR) is 96.7 cm³/mol. The van der Waals surface area contributed by atoms with Gasteiger partial charge in [0.15, 0.2) is 0 Å². The zero-order valence-corrected chi connectivity index (χ0v) is 16.1. The number of carbonyl (C=O) groups excluding carboxylic acids is 1. The van der Waals surface area contributed by atoms with E-state index in [1.165, 1.54) is 32.1 Å². The lowest BCUT2D eigenvalue weighted by Crippen LogP contribution is -2.40. The normalized spacial score (nSPS) is 24.1. The van der Waals surface area contributed by atoms with Gasteiger partial charge in [-0.05, 0) is 71.8 Å². The van der Waals surface area contributed by atoms with Crippen LogP contribution in [-0.4, -0.2) is 30.3 Å². The molecule has 4 nitrogen and oxygen atoms in total. The zero-order chi connectivity index (χ0) is 17.5. The molecule has 2 N–H and O–H groups in total. The van der Waals surface area contributed by atoms with Gasteiger partial charge in [0.05, 0.1) is 0 Å². The summed E-state index contributed by atoms with van der Waals surface area (Å²) in [4.78, 5) is 11.7. The van der Waals surface area contributed by atoms with Crippen LogP contribution in [0.2, 0.25) is 0 Å². The van der Waals surface area contributed by atoms with Crippen molar-refractivity contribution >= 4 is 6.09 Å². The van der Waals surface area contributed by atoms with Crippen LogP contribution < -0.4 is 10.6 Å². The fourth-order valence-electron chi connectivity index (χ4n) is 3.29. The Balaban J connectivity index is 2.19. The number of rotatable bonds is 6. The summed E-state index contributed by atoms with van der Waals surface area (Å²) in [6, 6.07) is 0.777. The van der Waals surface area contributed by atoms with Crippen molar-refractivity contribution in [3.63, 3.8) is 0 Å². The van der Waals surface area contributed by atoms with Gasteiger partial charge in [0.2, 0.25) is 0 Å². The highest BCUT2D eigenvalue weighted by atomic mass is 16.6. The molecule has 3 atom stereocenters. The Morgan fingerprint density at radius 1 is 1.13 bits per heavy atom. The molecule has 1 rings (SSSR count). The summed E-state index contributed by atoms with van der Waals surface area (Å²) in [5, 5.41) is 6.59. The molecule has 4 heteroatoms. The SMILES string of the molecule is CC(CCNC1CCCC(C(C)C)CC1)NC(=O)OC(C)(C)C. The maximum absolute atomic E-state index is 11.7. The average molecular weight is 327 g/mol. The topological polar surface area (TPSA) is 50.4 Å². The molecule has 0 saturated heterocycles. The van der Waals surface area contributed by atoms with E-state index in [1.54, 1.807) is 0 Å². The molecule has 0 aliphatic heterocycles. The number of hydrogen-bond donors (Lipinski definition) is 2. The molecule has 136 valence electrons. The molecule has 0 spiro atoms. The molecular weight excluding hydrogens is 288 g/mol. The van der Waals surface area contributed by atoms with Crippen LogP contribution in [0.3, 0.4) is 0 Å². The third-order valence-corrected chi connectivity index (χ3v) is 4.73. The van der Waals surface area contributed by atoms with Crippen molar-refractivity contribution in [1.82, 2.24) is 10.6 Å². The molecular formula is C19H38N2O2. The van der Waals surface area contributed by atoms with Gasteiger partial charge in [0.1, 0.15) is 5.60 Å². The third kappa shape index (κ3) is 9.19. The molecule has 1 aliphatic rings. The van der Waals surface area contributed by atoms with Crippen molar-refractivity contribution in [2.24, 2.45) is 11.8 Å². The Labute approximate surface area is 143 Å². The van der Waals surface area contributed by atoms with Crippen LogP contribution in [0.4, 0.5) is 4.79 Å². The first-order chi connectivity index (χ1) is 10.7. The molecule has 0 aromatic carbocycles. The van der Waals surface area contributed by atoms with E-state index < -0.39 is 5.60 Å². The van der Waals surface area contributed by atoms with Gasteiger partial charge >= 0.3 is 6.09 Å².